The number of aliphatic imine (C=N–C) groups is 1. The highest BCUT2D eigenvalue weighted by atomic mass is 16.5. The first kappa shape index (κ1) is 21.8. The molecule has 1 saturated carbocycles. The van der Waals surface area contributed by atoms with Gasteiger partial charge in [-0.1, -0.05) is 12.8 Å². The van der Waals surface area contributed by atoms with Gasteiger partial charge in [-0.3, -0.25) is 9.89 Å². The van der Waals surface area contributed by atoms with Crippen molar-refractivity contribution < 1.29 is 9.15 Å². The normalized spacial score (nSPS) is 18.0. The van der Waals surface area contributed by atoms with E-state index in [-0.39, 0.29) is 6.04 Å². The second kappa shape index (κ2) is 11.3. The fraction of sp³-hybridized carbons (Fsp3) is 0.762. The minimum Gasteiger partial charge on any atom is -0.468 e. The van der Waals surface area contributed by atoms with Crippen LogP contribution in [0.2, 0.25) is 0 Å². The van der Waals surface area contributed by atoms with Gasteiger partial charge in [0.2, 0.25) is 0 Å². The maximum atomic E-state index is 5.63. The molecular formula is C21H38N4O2. The average Bonchev–Trinajstić information content (AvgIpc) is 3.32. The summed E-state index contributed by atoms with van der Waals surface area (Å²) in [6.07, 6.45) is 7.98. The van der Waals surface area contributed by atoms with Crippen molar-refractivity contribution in [2.24, 2.45) is 10.4 Å². The number of nitrogens with zero attached hydrogens (tertiary/aromatic N) is 2. The lowest BCUT2D eigenvalue weighted by Crippen LogP contribution is -2.42. The topological polar surface area (TPSA) is 62.0 Å². The van der Waals surface area contributed by atoms with Gasteiger partial charge in [0.15, 0.2) is 5.96 Å². The van der Waals surface area contributed by atoms with Crippen molar-refractivity contribution in [2.75, 3.05) is 46.9 Å². The molecule has 0 aromatic carbocycles. The Morgan fingerprint density at radius 2 is 2.07 bits per heavy atom. The van der Waals surface area contributed by atoms with Crippen molar-refractivity contribution in [2.45, 2.75) is 52.0 Å². The second-order valence-electron chi connectivity index (χ2n) is 7.72. The van der Waals surface area contributed by atoms with Crippen molar-refractivity contribution in [3.05, 3.63) is 24.2 Å². The van der Waals surface area contributed by atoms with E-state index in [4.69, 9.17) is 14.1 Å². The molecule has 1 aromatic rings. The molecule has 2 N–H and O–H groups in total. The zero-order valence-electron chi connectivity index (χ0n) is 17.6. The third kappa shape index (κ3) is 6.85. The largest absolute Gasteiger partial charge is 0.468 e. The number of hydrogen-bond donors (Lipinski definition) is 2. The molecule has 6 nitrogen and oxygen atoms in total. The van der Waals surface area contributed by atoms with Crippen LogP contribution in [0.1, 0.15) is 57.8 Å². The van der Waals surface area contributed by atoms with Gasteiger partial charge in [-0.25, -0.2) is 0 Å². The van der Waals surface area contributed by atoms with Gasteiger partial charge in [0, 0.05) is 32.8 Å². The number of rotatable bonds is 11. The van der Waals surface area contributed by atoms with Crippen molar-refractivity contribution >= 4 is 5.96 Å². The first-order chi connectivity index (χ1) is 13.1. The molecule has 1 atom stereocenters. The van der Waals surface area contributed by atoms with Crippen LogP contribution in [0.5, 0.6) is 0 Å². The molecule has 1 aliphatic carbocycles. The Bertz CT molecular complexity index is 536. The van der Waals surface area contributed by atoms with Crippen LogP contribution in [-0.2, 0) is 4.74 Å². The van der Waals surface area contributed by atoms with Crippen molar-refractivity contribution in [3.8, 4) is 0 Å². The summed E-state index contributed by atoms with van der Waals surface area (Å²) in [5.74, 6) is 1.85. The van der Waals surface area contributed by atoms with Crippen LogP contribution in [0, 0.1) is 5.41 Å². The Hall–Kier alpha value is -1.53. The van der Waals surface area contributed by atoms with E-state index in [9.17, 15) is 0 Å². The summed E-state index contributed by atoms with van der Waals surface area (Å²) >= 11 is 0. The minimum atomic E-state index is 0.169. The van der Waals surface area contributed by atoms with Crippen LogP contribution in [-0.4, -0.2) is 57.8 Å². The molecule has 0 spiro atoms. The molecule has 0 bridgehead atoms. The Morgan fingerprint density at radius 3 is 2.67 bits per heavy atom. The maximum absolute atomic E-state index is 5.63. The predicted octanol–water partition coefficient (Wildman–Crippen LogP) is 3.42. The molecule has 154 valence electrons. The highest BCUT2D eigenvalue weighted by molar-refractivity contribution is 5.79. The smallest absolute Gasteiger partial charge is 0.191 e. The summed E-state index contributed by atoms with van der Waals surface area (Å²) in [5, 5.41) is 6.89. The van der Waals surface area contributed by atoms with E-state index in [1.54, 1.807) is 6.26 Å². The molecular weight excluding hydrogens is 340 g/mol. The third-order valence-electron chi connectivity index (χ3n) is 5.52. The summed E-state index contributed by atoms with van der Waals surface area (Å²) in [5.41, 5.74) is 0.305. The van der Waals surface area contributed by atoms with E-state index in [1.807, 2.05) is 12.1 Å². The lowest BCUT2D eigenvalue weighted by Gasteiger charge is -2.28. The quantitative estimate of drug-likeness (QED) is 0.351. The van der Waals surface area contributed by atoms with Gasteiger partial charge in [-0.15, -0.1) is 0 Å². The van der Waals surface area contributed by atoms with Crippen LogP contribution in [0.15, 0.2) is 27.8 Å². The summed E-state index contributed by atoms with van der Waals surface area (Å²) in [7, 11) is 4.14. The van der Waals surface area contributed by atoms with Gasteiger partial charge in [-0.2, -0.15) is 0 Å². The highest BCUT2D eigenvalue weighted by Crippen LogP contribution is 2.41. The number of likely N-dealkylation sites (N-methyl/N-ethyl adjacent to an activating group) is 1. The molecule has 1 aromatic heterocycles. The molecule has 0 saturated heterocycles. The summed E-state index contributed by atoms with van der Waals surface area (Å²) in [4.78, 5) is 7.11. The Labute approximate surface area is 164 Å². The van der Waals surface area contributed by atoms with Crippen LogP contribution >= 0.6 is 0 Å². The summed E-state index contributed by atoms with van der Waals surface area (Å²) in [6, 6.07) is 4.13. The maximum Gasteiger partial charge on any atom is 0.191 e. The SMILES string of the molecule is CCNC(=NCC1(CCOCC)CCCC1)NCC(c1ccco1)N(C)C. The van der Waals surface area contributed by atoms with Crippen LogP contribution in [0.3, 0.4) is 0 Å². The van der Waals surface area contributed by atoms with Gasteiger partial charge in [0.1, 0.15) is 5.76 Å². The number of furan rings is 1. The highest BCUT2D eigenvalue weighted by Gasteiger charge is 2.33. The van der Waals surface area contributed by atoms with E-state index in [2.05, 4.69) is 43.5 Å². The van der Waals surface area contributed by atoms with Gasteiger partial charge in [0.25, 0.3) is 0 Å². The standard InChI is InChI=1S/C21H38N4O2/c1-5-22-20(23-16-18(25(3)4)19-10-9-14-27-19)24-17-21(11-7-8-12-21)13-15-26-6-2/h9-10,14,18H,5-8,11-13,15-17H2,1-4H3,(H2,22,23,24). The molecule has 0 aliphatic heterocycles. The molecule has 0 radical (unpaired) electrons. The van der Waals surface area contributed by atoms with Gasteiger partial charge in [0.05, 0.1) is 12.3 Å². The predicted molar refractivity (Wildman–Crippen MR) is 111 cm³/mol. The van der Waals surface area contributed by atoms with E-state index in [0.29, 0.717) is 5.41 Å². The molecule has 27 heavy (non-hydrogen) atoms. The van der Waals surface area contributed by atoms with Crippen LogP contribution in [0.25, 0.3) is 0 Å². The van der Waals surface area contributed by atoms with Crippen LogP contribution in [0.4, 0.5) is 0 Å². The lowest BCUT2D eigenvalue weighted by molar-refractivity contribution is 0.107. The summed E-state index contributed by atoms with van der Waals surface area (Å²) in [6.45, 7) is 8.27. The fourth-order valence-electron chi connectivity index (χ4n) is 3.85. The van der Waals surface area contributed by atoms with Crippen molar-refractivity contribution in [1.82, 2.24) is 15.5 Å². The molecule has 1 heterocycles. The van der Waals surface area contributed by atoms with E-state index >= 15 is 0 Å². The van der Waals surface area contributed by atoms with E-state index in [0.717, 1.165) is 51.0 Å². The first-order valence-corrected chi connectivity index (χ1v) is 10.4. The molecule has 6 heteroatoms. The van der Waals surface area contributed by atoms with E-state index in [1.165, 1.54) is 25.7 Å². The number of guanidine groups is 1. The second-order valence-corrected chi connectivity index (χ2v) is 7.72. The van der Waals surface area contributed by atoms with Crippen molar-refractivity contribution in [1.29, 1.82) is 0 Å². The van der Waals surface area contributed by atoms with Gasteiger partial charge >= 0.3 is 0 Å². The number of ether oxygens (including phenoxy) is 1. The molecule has 1 fully saturated rings. The van der Waals surface area contributed by atoms with Crippen molar-refractivity contribution in [3.63, 3.8) is 0 Å². The molecule has 1 unspecified atom stereocenters. The van der Waals surface area contributed by atoms with Gasteiger partial charge < -0.3 is 19.8 Å². The lowest BCUT2D eigenvalue weighted by atomic mass is 9.83. The minimum absolute atomic E-state index is 0.169. The monoisotopic (exact) mass is 378 g/mol. The first-order valence-electron chi connectivity index (χ1n) is 10.4. The molecule has 0 amide bonds. The Kier molecular flexibility index (Phi) is 9.15. The molecule has 1 aliphatic rings. The molecule has 2 rings (SSSR count). The zero-order valence-corrected chi connectivity index (χ0v) is 17.6. The van der Waals surface area contributed by atoms with Gasteiger partial charge in [-0.05, 0) is 64.8 Å². The van der Waals surface area contributed by atoms with E-state index < -0.39 is 0 Å². The fourth-order valence-corrected chi connectivity index (χ4v) is 3.85. The average molecular weight is 379 g/mol. The third-order valence-corrected chi connectivity index (χ3v) is 5.52. The summed E-state index contributed by atoms with van der Waals surface area (Å²) < 4.78 is 11.2. The number of nitrogens with one attached hydrogen (secondary N) is 2. The zero-order chi connectivity index (χ0) is 19.5. The Balaban J connectivity index is 1.97. The Morgan fingerprint density at radius 1 is 1.30 bits per heavy atom. The van der Waals surface area contributed by atoms with Crippen LogP contribution < -0.4 is 10.6 Å². The number of hydrogen-bond acceptors (Lipinski definition) is 4.